The number of rotatable bonds is 5. The number of aliphatic hydroxyl groups is 8. The molecule has 0 aliphatic rings. The third kappa shape index (κ3) is 127. The van der Waals surface area contributed by atoms with Gasteiger partial charge in [-0.2, -0.15) is 0 Å². The van der Waals surface area contributed by atoms with E-state index in [9.17, 15) is 4.79 Å². The summed E-state index contributed by atoms with van der Waals surface area (Å²) >= 11 is 0. The highest BCUT2D eigenvalue weighted by atomic mass is 16.4. The maximum Gasteiger partial charge on any atom is 0.330 e. The van der Waals surface area contributed by atoms with Crippen molar-refractivity contribution in [3.63, 3.8) is 0 Å². The molecule has 0 aromatic carbocycles. The van der Waals surface area contributed by atoms with Crippen molar-refractivity contribution >= 4 is 5.97 Å². The zero-order chi connectivity index (χ0) is 18.8. The molecule has 0 heterocycles. The van der Waals surface area contributed by atoms with Crippen LogP contribution in [0.2, 0.25) is 0 Å². The van der Waals surface area contributed by atoms with Crippen molar-refractivity contribution in [1.82, 2.24) is 0 Å². The summed E-state index contributed by atoms with van der Waals surface area (Å²) < 4.78 is 0. The molecular weight excluding hydrogens is 304 g/mol. The van der Waals surface area contributed by atoms with Gasteiger partial charge in [-0.15, -0.1) is 0 Å². The number of carbonyl (C=O) groups is 1. The molecule has 0 aliphatic heterocycles. The second-order valence-electron chi connectivity index (χ2n) is 2.87. The van der Waals surface area contributed by atoms with Gasteiger partial charge < -0.3 is 46.0 Å². The molecule has 0 saturated carbocycles. The standard InChI is InChI=1S/C4H6O2.4C2H6O2/c1-3(2)4(5)6;4*3-1-2-4/h1H2,2H3,(H,5,6);4*3-4H,1-2H2. The molecular formula is C12H30O10. The largest absolute Gasteiger partial charge is 0.478 e. The van der Waals surface area contributed by atoms with Crippen LogP contribution >= 0.6 is 0 Å². The summed E-state index contributed by atoms with van der Waals surface area (Å²) in [6, 6.07) is 0. The van der Waals surface area contributed by atoms with Gasteiger partial charge in [0, 0.05) is 5.57 Å². The Balaban J connectivity index is -0.0000000555. The van der Waals surface area contributed by atoms with E-state index in [0.717, 1.165) is 0 Å². The number of hydrogen-bond acceptors (Lipinski definition) is 9. The lowest BCUT2D eigenvalue weighted by atomic mass is 10.4. The van der Waals surface area contributed by atoms with Crippen molar-refractivity contribution in [3.8, 4) is 0 Å². The van der Waals surface area contributed by atoms with Gasteiger partial charge in [-0.05, 0) is 6.92 Å². The molecule has 22 heavy (non-hydrogen) atoms. The molecule has 0 unspecified atom stereocenters. The van der Waals surface area contributed by atoms with Crippen molar-refractivity contribution < 1.29 is 50.8 Å². The van der Waals surface area contributed by atoms with Crippen molar-refractivity contribution in [2.24, 2.45) is 0 Å². The van der Waals surface area contributed by atoms with Crippen LogP contribution in [0, 0.1) is 0 Å². The van der Waals surface area contributed by atoms with Crippen LogP contribution in [-0.2, 0) is 4.79 Å². The first-order valence-electron chi connectivity index (χ1n) is 6.06. The average Bonchev–Trinajstić information content (AvgIpc) is 2.55. The number of carboxylic acid groups (broad SMARTS) is 1. The fraction of sp³-hybridized carbons (Fsp3) is 0.750. The monoisotopic (exact) mass is 334 g/mol. The summed E-state index contributed by atoms with van der Waals surface area (Å²) in [5.74, 6) is -0.935. The Hall–Kier alpha value is -1.11. The number of hydrogen-bond donors (Lipinski definition) is 9. The molecule has 0 amide bonds. The predicted molar refractivity (Wildman–Crippen MR) is 79.1 cm³/mol. The van der Waals surface area contributed by atoms with Gasteiger partial charge >= 0.3 is 5.97 Å². The van der Waals surface area contributed by atoms with E-state index in [1.54, 1.807) is 0 Å². The molecule has 0 atom stereocenters. The Morgan fingerprint density at radius 2 is 0.727 bits per heavy atom. The first kappa shape index (κ1) is 32.7. The van der Waals surface area contributed by atoms with Gasteiger partial charge in [0.2, 0.25) is 0 Å². The van der Waals surface area contributed by atoms with Gasteiger partial charge in [0.1, 0.15) is 0 Å². The van der Waals surface area contributed by atoms with Crippen molar-refractivity contribution in [2.45, 2.75) is 6.92 Å². The molecule has 138 valence electrons. The first-order chi connectivity index (χ1) is 10.3. The van der Waals surface area contributed by atoms with Gasteiger partial charge in [-0.3, -0.25) is 0 Å². The van der Waals surface area contributed by atoms with Crippen LogP contribution < -0.4 is 0 Å². The van der Waals surface area contributed by atoms with E-state index in [0.29, 0.717) is 0 Å². The molecule has 0 spiro atoms. The number of carboxylic acids is 1. The van der Waals surface area contributed by atoms with Crippen molar-refractivity contribution in [3.05, 3.63) is 12.2 Å². The summed E-state index contributed by atoms with van der Waals surface area (Å²) in [5, 5.41) is 68.9. The molecule has 9 N–H and O–H groups in total. The van der Waals surface area contributed by atoms with E-state index in [2.05, 4.69) is 6.58 Å². The molecule has 10 nitrogen and oxygen atoms in total. The van der Waals surface area contributed by atoms with Gasteiger partial charge in [0.25, 0.3) is 0 Å². The quantitative estimate of drug-likeness (QED) is 0.227. The molecule has 0 aromatic heterocycles. The van der Waals surface area contributed by atoms with Crippen LogP contribution in [0.5, 0.6) is 0 Å². The SMILES string of the molecule is C=C(C)C(=O)O.OCCO.OCCO.OCCO.OCCO. The Bertz CT molecular complexity index is 151. The van der Waals surface area contributed by atoms with E-state index in [4.69, 9.17) is 46.0 Å². The number of aliphatic carboxylic acids is 1. The van der Waals surface area contributed by atoms with E-state index in [-0.39, 0.29) is 58.4 Å². The molecule has 0 rings (SSSR count). The third-order valence-corrected chi connectivity index (χ3v) is 0.765. The minimum atomic E-state index is -0.935. The Kier molecular flexibility index (Phi) is 63.6. The highest BCUT2D eigenvalue weighted by molar-refractivity contribution is 5.84. The lowest BCUT2D eigenvalue weighted by Gasteiger charge is -1.79. The molecule has 0 aromatic rings. The van der Waals surface area contributed by atoms with Gasteiger partial charge in [0.05, 0.1) is 52.9 Å². The van der Waals surface area contributed by atoms with E-state index in [1.807, 2.05) is 0 Å². The summed E-state index contributed by atoms with van der Waals surface area (Å²) in [4.78, 5) is 9.60. The second-order valence-corrected chi connectivity index (χ2v) is 2.87. The number of aliphatic hydroxyl groups excluding tert-OH is 8. The fourth-order valence-corrected chi connectivity index (χ4v) is 0. The molecule has 0 aliphatic carbocycles. The molecule has 10 heteroatoms. The van der Waals surface area contributed by atoms with Crippen LogP contribution in [0.3, 0.4) is 0 Å². The summed E-state index contributed by atoms with van der Waals surface area (Å²) in [7, 11) is 0. The lowest BCUT2D eigenvalue weighted by molar-refractivity contribution is -0.132. The first-order valence-corrected chi connectivity index (χ1v) is 6.06. The molecule has 0 fully saturated rings. The predicted octanol–water partition coefficient (Wildman–Crippen LogP) is -3.47. The van der Waals surface area contributed by atoms with Gasteiger partial charge in [0.15, 0.2) is 0 Å². The lowest BCUT2D eigenvalue weighted by Crippen LogP contribution is -1.92. The smallest absolute Gasteiger partial charge is 0.330 e. The van der Waals surface area contributed by atoms with Gasteiger partial charge in [-0.1, -0.05) is 6.58 Å². The van der Waals surface area contributed by atoms with Gasteiger partial charge in [-0.25, -0.2) is 4.79 Å². The molecule has 0 saturated heterocycles. The van der Waals surface area contributed by atoms with E-state index >= 15 is 0 Å². The van der Waals surface area contributed by atoms with Crippen LogP contribution in [0.25, 0.3) is 0 Å². The highest BCUT2D eigenvalue weighted by Crippen LogP contribution is 1.81. The minimum absolute atomic E-state index is 0.125. The minimum Gasteiger partial charge on any atom is -0.478 e. The van der Waals surface area contributed by atoms with E-state index < -0.39 is 5.97 Å². The third-order valence-electron chi connectivity index (χ3n) is 0.765. The van der Waals surface area contributed by atoms with Crippen LogP contribution in [0.4, 0.5) is 0 Å². The van der Waals surface area contributed by atoms with E-state index in [1.165, 1.54) is 6.92 Å². The average molecular weight is 334 g/mol. The summed E-state index contributed by atoms with van der Waals surface area (Å²) in [5.41, 5.74) is 0.176. The zero-order valence-electron chi connectivity index (χ0n) is 12.8. The Morgan fingerprint density at radius 3 is 0.727 bits per heavy atom. The summed E-state index contributed by atoms with van der Waals surface area (Å²) in [6.45, 7) is 3.60. The van der Waals surface area contributed by atoms with Crippen LogP contribution in [-0.4, -0.2) is 105 Å². The second kappa shape index (κ2) is 42.7. The Labute approximate surface area is 129 Å². The Morgan fingerprint density at radius 1 is 0.636 bits per heavy atom. The fourth-order valence-electron chi connectivity index (χ4n) is 0. The maximum absolute atomic E-state index is 9.60. The van der Waals surface area contributed by atoms with Crippen molar-refractivity contribution in [2.75, 3.05) is 52.9 Å². The van der Waals surface area contributed by atoms with Crippen LogP contribution in [0.15, 0.2) is 12.2 Å². The topological polar surface area (TPSA) is 199 Å². The summed E-state index contributed by atoms with van der Waals surface area (Å²) in [6.07, 6.45) is 0. The normalized spacial score (nSPS) is 7.50. The highest BCUT2D eigenvalue weighted by Gasteiger charge is 1.90. The molecule has 0 radical (unpaired) electrons. The maximum atomic E-state index is 9.60. The zero-order valence-corrected chi connectivity index (χ0v) is 12.8. The van der Waals surface area contributed by atoms with Crippen LogP contribution in [0.1, 0.15) is 6.92 Å². The van der Waals surface area contributed by atoms with Crippen molar-refractivity contribution in [1.29, 1.82) is 0 Å². The molecule has 0 bridgehead atoms.